The third-order valence-corrected chi connectivity index (χ3v) is 2.12. The Morgan fingerprint density at radius 1 is 1.57 bits per heavy atom. The Morgan fingerprint density at radius 2 is 2.43 bits per heavy atom. The summed E-state index contributed by atoms with van der Waals surface area (Å²) in [4.78, 5) is 10.9. The molecule has 2 rings (SSSR count). The molecule has 74 valence electrons. The van der Waals surface area contributed by atoms with Crippen molar-refractivity contribution in [3.05, 3.63) is 23.8 Å². The summed E-state index contributed by atoms with van der Waals surface area (Å²) in [7, 11) is 0. The number of aliphatic hydroxyl groups is 1. The van der Waals surface area contributed by atoms with Gasteiger partial charge in [-0.3, -0.25) is 4.79 Å². The van der Waals surface area contributed by atoms with Crippen LogP contribution in [0.5, 0.6) is 5.75 Å². The highest BCUT2D eigenvalue weighted by Gasteiger charge is 2.12. The van der Waals surface area contributed by atoms with Crippen LogP contribution in [-0.4, -0.2) is 24.2 Å². The predicted octanol–water partition coefficient (Wildman–Crippen LogP) is 0.552. The van der Waals surface area contributed by atoms with Crippen LogP contribution in [0.1, 0.15) is 5.56 Å². The first-order chi connectivity index (χ1) is 6.79. The lowest BCUT2D eigenvalue weighted by atomic mass is 10.1. The lowest BCUT2D eigenvalue weighted by molar-refractivity contribution is -0.118. The number of rotatable bonds is 2. The lowest BCUT2D eigenvalue weighted by Gasteiger charge is -2.04. The molecule has 0 bridgehead atoms. The minimum absolute atomic E-state index is 0.399. The molecule has 0 unspecified atom stereocenters. The van der Waals surface area contributed by atoms with E-state index < -0.39 is 12.5 Å². The van der Waals surface area contributed by atoms with E-state index in [4.69, 9.17) is 9.84 Å². The quantitative estimate of drug-likeness (QED) is 0.721. The molecule has 0 fully saturated rings. The minimum atomic E-state index is -0.492. The molecule has 0 aromatic heterocycles. The van der Waals surface area contributed by atoms with Crippen molar-refractivity contribution in [3.8, 4) is 5.75 Å². The molecule has 1 heterocycles. The van der Waals surface area contributed by atoms with Crippen molar-refractivity contribution in [2.75, 3.05) is 18.5 Å². The Labute approximate surface area is 81.5 Å². The largest absolute Gasteiger partial charge is 0.493 e. The molecule has 14 heavy (non-hydrogen) atoms. The van der Waals surface area contributed by atoms with Crippen molar-refractivity contribution in [3.63, 3.8) is 0 Å². The topological polar surface area (TPSA) is 58.6 Å². The number of hydrogen-bond donors (Lipinski definition) is 2. The number of ether oxygens (including phenoxy) is 1. The zero-order valence-corrected chi connectivity index (χ0v) is 7.62. The summed E-state index contributed by atoms with van der Waals surface area (Å²) in [6.07, 6.45) is 0.873. The van der Waals surface area contributed by atoms with Gasteiger partial charge in [0.2, 0.25) is 5.91 Å². The summed E-state index contributed by atoms with van der Waals surface area (Å²) >= 11 is 0. The molecule has 1 aliphatic rings. The van der Waals surface area contributed by atoms with Crippen molar-refractivity contribution < 1.29 is 14.6 Å². The van der Waals surface area contributed by atoms with Gasteiger partial charge in [-0.2, -0.15) is 0 Å². The van der Waals surface area contributed by atoms with Crippen LogP contribution in [0.25, 0.3) is 0 Å². The summed E-state index contributed by atoms with van der Waals surface area (Å²) < 4.78 is 5.32. The fraction of sp³-hybridized carbons (Fsp3) is 0.300. The van der Waals surface area contributed by atoms with Crippen LogP contribution in [0.15, 0.2) is 18.2 Å². The molecule has 1 aromatic carbocycles. The van der Waals surface area contributed by atoms with Crippen molar-refractivity contribution in [2.45, 2.75) is 6.42 Å². The average molecular weight is 193 g/mol. The van der Waals surface area contributed by atoms with E-state index in [1.54, 1.807) is 6.07 Å². The van der Waals surface area contributed by atoms with Gasteiger partial charge in [-0.05, 0) is 23.8 Å². The summed E-state index contributed by atoms with van der Waals surface area (Å²) in [6, 6.07) is 5.46. The van der Waals surface area contributed by atoms with Gasteiger partial charge in [0.15, 0.2) is 0 Å². The van der Waals surface area contributed by atoms with Gasteiger partial charge in [-0.25, -0.2) is 0 Å². The van der Waals surface area contributed by atoms with Gasteiger partial charge in [0.25, 0.3) is 0 Å². The number of benzene rings is 1. The molecule has 4 heteroatoms. The van der Waals surface area contributed by atoms with E-state index in [1.807, 2.05) is 12.1 Å². The van der Waals surface area contributed by atoms with Crippen LogP contribution in [0.3, 0.4) is 0 Å². The number of aliphatic hydroxyl groups excluding tert-OH is 1. The number of fused-ring (bicyclic) bond motifs is 1. The molecule has 1 aliphatic heterocycles. The van der Waals surface area contributed by atoms with Crippen LogP contribution in [-0.2, 0) is 11.2 Å². The smallest absolute Gasteiger partial charge is 0.250 e. The van der Waals surface area contributed by atoms with Gasteiger partial charge in [0.1, 0.15) is 12.4 Å². The predicted molar refractivity (Wildman–Crippen MR) is 51.4 cm³/mol. The third kappa shape index (κ3) is 1.70. The monoisotopic (exact) mass is 193 g/mol. The highest BCUT2D eigenvalue weighted by Crippen LogP contribution is 2.27. The molecule has 0 atom stereocenters. The van der Waals surface area contributed by atoms with E-state index in [0.29, 0.717) is 12.3 Å². The van der Waals surface area contributed by atoms with Crippen LogP contribution in [0, 0.1) is 0 Å². The standard InChI is InChI=1S/C10H11NO3/c12-6-10(13)11-8-1-2-9-7(5-8)3-4-14-9/h1-2,5,12H,3-4,6H2,(H,11,13). The van der Waals surface area contributed by atoms with E-state index in [-0.39, 0.29) is 0 Å². The molecule has 1 aromatic rings. The molecular weight excluding hydrogens is 182 g/mol. The van der Waals surface area contributed by atoms with Crippen LogP contribution in [0.4, 0.5) is 5.69 Å². The molecule has 0 radical (unpaired) electrons. The Morgan fingerprint density at radius 3 is 3.21 bits per heavy atom. The number of amides is 1. The first kappa shape index (κ1) is 9.02. The summed E-state index contributed by atoms with van der Waals surface area (Å²) in [5, 5.41) is 11.1. The van der Waals surface area contributed by atoms with Gasteiger partial charge >= 0.3 is 0 Å². The highest BCUT2D eigenvalue weighted by atomic mass is 16.5. The lowest BCUT2D eigenvalue weighted by Crippen LogP contribution is -2.15. The van der Waals surface area contributed by atoms with Gasteiger partial charge < -0.3 is 15.2 Å². The van der Waals surface area contributed by atoms with Gasteiger partial charge in [0.05, 0.1) is 6.61 Å². The minimum Gasteiger partial charge on any atom is -0.493 e. The molecule has 0 saturated carbocycles. The first-order valence-corrected chi connectivity index (χ1v) is 4.46. The number of carbonyl (C=O) groups is 1. The Bertz CT molecular complexity index is 362. The molecular formula is C10H11NO3. The van der Waals surface area contributed by atoms with Crippen LogP contribution in [0.2, 0.25) is 0 Å². The van der Waals surface area contributed by atoms with Gasteiger partial charge in [-0.15, -0.1) is 0 Å². The van der Waals surface area contributed by atoms with E-state index in [9.17, 15) is 4.79 Å². The van der Waals surface area contributed by atoms with E-state index in [2.05, 4.69) is 5.32 Å². The second kappa shape index (κ2) is 3.67. The maximum atomic E-state index is 10.9. The number of anilines is 1. The number of carbonyl (C=O) groups excluding carboxylic acids is 1. The number of hydrogen-bond acceptors (Lipinski definition) is 3. The van der Waals surface area contributed by atoms with Gasteiger partial charge in [0, 0.05) is 12.1 Å². The van der Waals surface area contributed by atoms with E-state index in [1.165, 1.54) is 0 Å². The molecule has 1 amide bonds. The van der Waals surface area contributed by atoms with Gasteiger partial charge in [-0.1, -0.05) is 0 Å². The molecule has 0 spiro atoms. The van der Waals surface area contributed by atoms with Crippen molar-refractivity contribution in [1.29, 1.82) is 0 Å². The summed E-state index contributed by atoms with van der Waals surface area (Å²) in [5.74, 6) is 0.482. The molecule has 0 saturated heterocycles. The van der Waals surface area contributed by atoms with E-state index >= 15 is 0 Å². The van der Waals surface area contributed by atoms with Crippen molar-refractivity contribution in [1.82, 2.24) is 0 Å². The summed E-state index contributed by atoms with van der Waals surface area (Å²) in [6.45, 7) is 0.209. The fourth-order valence-corrected chi connectivity index (χ4v) is 1.46. The number of nitrogens with one attached hydrogen (secondary N) is 1. The Hall–Kier alpha value is -1.55. The van der Waals surface area contributed by atoms with Crippen molar-refractivity contribution >= 4 is 11.6 Å². The Balaban J connectivity index is 2.16. The maximum absolute atomic E-state index is 10.9. The van der Waals surface area contributed by atoms with Crippen LogP contribution < -0.4 is 10.1 Å². The molecule has 2 N–H and O–H groups in total. The second-order valence-corrected chi connectivity index (χ2v) is 3.13. The molecule has 4 nitrogen and oxygen atoms in total. The van der Waals surface area contributed by atoms with Crippen LogP contribution >= 0.6 is 0 Å². The zero-order chi connectivity index (χ0) is 9.97. The highest BCUT2D eigenvalue weighted by molar-refractivity contribution is 5.91. The fourth-order valence-electron chi connectivity index (χ4n) is 1.46. The normalized spacial score (nSPS) is 13.2. The van der Waals surface area contributed by atoms with Crippen molar-refractivity contribution in [2.24, 2.45) is 0 Å². The maximum Gasteiger partial charge on any atom is 0.250 e. The molecule has 0 aliphatic carbocycles. The Kier molecular flexibility index (Phi) is 2.37. The first-order valence-electron chi connectivity index (χ1n) is 4.46. The second-order valence-electron chi connectivity index (χ2n) is 3.13. The van der Waals surface area contributed by atoms with E-state index in [0.717, 1.165) is 17.7 Å². The SMILES string of the molecule is O=C(CO)Nc1ccc2c(c1)CCO2. The average Bonchev–Trinajstić information content (AvgIpc) is 2.64. The third-order valence-electron chi connectivity index (χ3n) is 2.12. The summed E-state index contributed by atoms with van der Waals surface area (Å²) in [5.41, 5.74) is 1.80. The zero-order valence-electron chi connectivity index (χ0n) is 7.62.